The SMILES string of the molecule is Cc1nn(C[NH+](C)Cc2ccc(Cl)s2)c(=O)c(C#N)c1C. The van der Waals surface area contributed by atoms with Gasteiger partial charge in [0.05, 0.1) is 22.0 Å². The van der Waals surface area contributed by atoms with Crippen molar-refractivity contribution >= 4 is 22.9 Å². The number of nitriles is 1. The van der Waals surface area contributed by atoms with Crippen molar-refractivity contribution in [2.45, 2.75) is 27.1 Å². The first-order valence-electron chi connectivity index (χ1n) is 6.46. The van der Waals surface area contributed by atoms with Gasteiger partial charge in [-0.2, -0.15) is 15.0 Å². The monoisotopic (exact) mass is 323 g/mol. The van der Waals surface area contributed by atoms with Gasteiger partial charge in [-0.25, -0.2) is 0 Å². The Labute approximate surface area is 132 Å². The van der Waals surface area contributed by atoms with E-state index in [1.54, 1.807) is 13.8 Å². The van der Waals surface area contributed by atoms with Crippen LogP contribution in [-0.4, -0.2) is 16.8 Å². The van der Waals surface area contributed by atoms with Gasteiger partial charge in [0.2, 0.25) is 0 Å². The zero-order valence-electron chi connectivity index (χ0n) is 12.1. The fourth-order valence-electron chi connectivity index (χ4n) is 2.07. The molecule has 2 heterocycles. The second-order valence-electron chi connectivity index (χ2n) is 5.00. The lowest BCUT2D eigenvalue weighted by Gasteiger charge is -2.15. The van der Waals surface area contributed by atoms with Gasteiger partial charge in [0, 0.05) is 0 Å². The summed E-state index contributed by atoms with van der Waals surface area (Å²) in [6.45, 7) is 4.71. The third kappa shape index (κ3) is 3.50. The van der Waals surface area contributed by atoms with E-state index >= 15 is 0 Å². The smallest absolute Gasteiger partial charge is 0.289 e. The van der Waals surface area contributed by atoms with Crippen molar-refractivity contribution in [1.82, 2.24) is 9.78 Å². The molecule has 1 unspecified atom stereocenters. The quantitative estimate of drug-likeness (QED) is 0.917. The Morgan fingerprint density at radius 2 is 2.19 bits per heavy atom. The van der Waals surface area contributed by atoms with E-state index < -0.39 is 0 Å². The molecular weight excluding hydrogens is 308 g/mol. The van der Waals surface area contributed by atoms with E-state index in [4.69, 9.17) is 16.9 Å². The lowest BCUT2D eigenvalue weighted by atomic mass is 10.1. The molecule has 1 atom stereocenters. The average Bonchev–Trinajstić information content (AvgIpc) is 2.82. The van der Waals surface area contributed by atoms with Crippen LogP contribution in [0.15, 0.2) is 16.9 Å². The first-order chi connectivity index (χ1) is 9.92. The van der Waals surface area contributed by atoms with Gasteiger partial charge in [0.1, 0.15) is 18.2 Å². The number of hydrogen-bond acceptors (Lipinski definition) is 4. The summed E-state index contributed by atoms with van der Waals surface area (Å²) < 4.78 is 2.12. The molecule has 7 heteroatoms. The van der Waals surface area contributed by atoms with Gasteiger partial charge < -0.3 is 4.90 Å². The molecule has 0 aliphatic rings. The maximum Gasteiger partial charge on any atom is 0.289 e. The van der Waals surface area contributed by atoms with Crippen LogP contribution in [0.25, 0.3) is 0 Å². The molecule has 110 valence electrons. The molecule has 21 heavy (non-hydrogen) atoms. The van der Waals surface area contributed by atoms with Crippen molar-refractivity contribution in [3.8, 4) is 6.07 Å². The Hall–Kier alpha value is -1.68. The van der Waals surface area contributed by atoms with Crippen molar-refractivity contribution in [3.05, 3.63) is 48.5 Å². The summed E-state index contributed by atoms with van der Waals surface area (Å²) in [5, 5.41) is 13.4. The molecule has 0 radical (unpaired) electrons. The van der Waals surface area contributed by atoms with E-state index in [0.717, 1.165) is 20.7 Å². The maximum absolute atomic E-state index is 12.2. The molecule has 0 aliphatic heterocycles. The number of quaternary nitrogens is 1. The molecule has 0 fully saturated rings. The third-order valence-corrected chi connectivity index (χ3v) is 4.50. The number of aryl methyl sites for hydroxylation is 1. The van der Waals surface area contributed by atoms with Gasteiger partial charge in [-0.15, -0.1) is 11.3 Å². The minimum absolute atomic E-state index is 0.175. The highest BCUT2D eigenvalue weighted by Crippen LogP contribution is 2.20. The summed E-state index contributed by atoms with van der Waals surface area (Å²) in [4.78, 5) is 14.5. The van der Waals surface area contributed by atoms with Crippen molar-refractivity contribution in [3.63, 3.8) is 0 Å². The standard InChI is InChI=1S/C14H15ClN4OS/c1-9-10(2)17-19(14(20)12(9)6-16)8-18(3)7-11-4-5-13(15)21-11/h4-5H,7-8H2,1-3H3/p+1. The van der Waals surface area contributed by atoms with E-state index in [1.807, 2.05) is 25.2 Å². The van der Waals surface area contributed by atoms with Crippen LogP contribution in [0.1, 0.15) is 21.7 Å². The number of halogens is 1. The number of thiophene rings is 1. The fourth-order valence-corrected chi connectivity index (χ4v) is 3.27. The number of rotatable bonds is 4. The van der Waals surface area contributed by atoms with Gasteiger partial charge in [0.15, 0.2) is 6.67 Å². The lowest BCUT2D eigenvalue weighted by molar-refractivity contribution is -0.917. The number of aromatic nitrogens is 2. The molecule has 0 saturated heterocycles. The van der Waals surface area contributed by atoms with Crippen LogP contribution in [0, 0.1) is 25.2 Å². The topological polar surface area (TPSA) is 63.1 Å². The predicted molar refractivity (Wildman–Crippen MR) is 82.6 cm³/mol. The average molecular weight is 324 g/mol. The maximum atomic E-state index is 12.2. The van der Waals surface area contributed by atoms with E-state index in [9.17, 15) is 4.79 Å². The van der Waals surface area contributed by atoms with Crippen molar-refractivity contribution < 1.29 is 4.90 Å². The highest BCUT2D eigenvalue weighted by Gasteiger charge is 2.14. The molecule has 0 aromatic carbocycles. The van der Waals surface area contributed by atoms with Gasteiger partial charge in [-0.05, 0) is 31.5 Å². The summed E-state index contributed by atoms with van der Waals surface area (Å²) in [5.41, 5.74) is 1.21. The van der Waals surface area contributed by atoms with E-state index in [1.165, 1.54) is 16.0 Å². The van der Waals surface area contributed by atoms with Gasteiger partial charge >= 0.3 is 0 Å². The van der Waals surface area contributed by atoms with Gasteiger partial charge in [-0.1, -0.05) is 11.6 Å². The van der Waals surface area contributed by atoms with Crippen LogP contribution in [0.3, 0.4) is 0 Å². The molecule has 0 spiro atoms. The van der Waals surface area contributed by atoms with Crippen molar-refractivity contribution in [1.29, 1.82) is 5.26 Å². The second-order valence-corrected chi connectivity index (χ2v) is 6.80. The van der Waals surface area contributed by atoms with Gasteiger partial charge in [0.25, 0.3) is 5.56 Å². The summed E-state index contributed by atoms with van der Waals surface area (Å²) >= 11 is 7.44. The molecule has 1 N–H and O–H groups in total. The zero-order chi connectivity index (χ0) is 15.6. The summed E-state index contributed by atoms with van der Waals surface area (Å²) in [6, 6.07) is 5.82. The third-order valence-electron chi connectivity index (χ3n) is 3.27. The van der Waals surface area contributed by atoms with Crippen LogP contribution in [0.4, 0.5) is 0 Å². The highest BCUT2D eigenvalue weighted by atomic mass is 35.5. The first-order valence-corrected chi connectivity index (χ1v) is 7.65. The Morgan fingerprint density at radius 3 is 2.76 bits per heavy atom. The zero-order valence-corrected chi connectivity index (χ0v) is 13.7. The Bertz CT molecular complexity index is 759. The number of nitrogens with zero attached hydrogens (tertiary/aromatic N) is 3. The lowest BCUT2D eigenvalue weighted by Crippen LogP contribution is -3.07. The van der Waals surface area contributed by atoms with Crippen LogP contribution >= 0.6 is 22.9 Å². The van der Waals surface area contributed by atoms with Crippen LogP contribution in [0.5, 0.6) is 0 Å². The molecule has 0 amide bonds. The van der Waals surface area contributed by atoms with Crippen molar-refractivity contribution in [2.75, 3.05) is 7.05 Å². The largest absolute Gasteiger partial charge is 0.314 e. The van der Waals surface area contributed by atoms with Crippen LogP contribution in [-0.2, 0) is 13.2 Å². The molecule has 2 rings (SSSR count). The number of nitrogens with one attached hydrogen (secondary N) is 1. The Balaban J connectivity index is 2.22. The van der Waals surface area contributed by atoms with Crippen LogP contribution < -0.4 is 10.5 Å². The Morgan fingerprint density at radius 1 is 1.48 bits per heavy atom. The predicted octanol–water partition coefficient (Wildman–Crippen LogP) is 1.12. The van der Waals surface area contributed by atoms with E-state index in [-0.39, 0.29) is 11.1 Å². The van der Waals surface area contributed by atoms with E-state index in [2.05, 4.69) is 5.10 Å². The number of hydrogen-bond donors (Lipinski definition) is 1. The minimum atomic E-state index is -0.329. The molecule has 0 aliphatic carbocycles. The van der Waals surface area contributed by atoms with Gasteiger partial charge in [-0.3, -0.25) is 4.79 Å². The molecule has 0 saturated carbocycles. The molecule has 5 nitrogen and oxygen atoms in total. The van der Waals surface area contributed by atoms with Crippen molar-refractivity contribution in [2.24, 2.45) is 0 Å². The first kappa shape index (κ1) is 15.7. The normalized spacial score (nSPS) is 12.1. The highest BCUT2D eigenvalue weighted by molar-refractivity contribution is 7.16. The Kier molecular flexibility index (Phi) is 4.78. The summed E-state index contributed by atoms with van der Waals surface area (Å²) in [7, 11) is 1.98. The molecular formula is C14H16ClN4OS+. The summed E-state index contributed by atoms with van der Waals surface area (Å²) in [6.07, 6.45) is 0. The minimum Gasteiger partial charge on any atom is -0.314 e. The molecule has 0 bridgehead atoms. The summed E-state index contributed by atoms with van der Waals surface area (Å²) in [5.74, 6) is 0. The molecule has 2 aromatic heterocycles. The van der Waals surface area contributed by atoms with E-state index in [0.29, 0.717) is 17.9 Å². The van der Waals surface area contributed by atoms with Crippen LogP contribution in [0.2, 0.25) is 4.34 Å². The second kappa shape index (κ2) is 6.39. The molecule has 2 aromatic rings. The fraction of sp³-hybridized carbons (Fsp3) is 0.357.